The van der Waals surface area contributed by atoms with Gasteiger partial charge in [0.2, 0.25) is 0 Å². The van der Waals surface area contributed by atoms with E-state index in [1.165, 1.54) is 14.0 Å². The van der Waals surface area contributed by atoms with E-state index in [-0.39, 0.29) is 6.61 Å². The largest absolute Gasteiger partial charge is 0.467 e. The Balaban J connectivity index is 3.69. The van der Waals surface area contributed by atoms with Gasteiger partial charge in [-0.2, -0.15) is 0 Å². The van der Waals surface area contributed by atoms with Gasteiger partial charge in [-0.25, -0.2) is 4.79 Å². The first kappa shape index (κ1) is 12.3. The molecule has 0 aromatic rings. The van der Waals surface area contributed by atoms with Crippen LogP contribution in [0.25, 0.3) is 0 Å². The smallest absolute Gasteiger partial charge is 0.339 e. The molecule has 0 aromatic carbocycles. The molecule has 0 rings (SSSR count). The van der Waals surface area contributed by atoms with E-state index in [0.29, 0.717) is 13.2 Å². The van der Waals surface area contributed by atoms with Crippen molar-refractivity contribution in [2.45, 2.75) is 12.5 Å². The van der Waals surface area contributed by atoms with Gasteiger partial charge in [0.1, 0.15) is 0 Å². The summed E-state index contributed by atoms with van der Waals surface area (Å²) < 4.78 is 14.1. The standard InChI is InChI=1S/C8H16O5/c1-8(10,7(9)12-3)6-13-5-4-11-2/h10H,4-6H2,1-3H3. The number of methoxy groups -OCH3 is 2. The summed E-state index contributed by atoms with van der Waals surface area (Å²) in [4.78, 5) is 10.9. The minimum atomic E-state index is -1.58. The Kier molecular flexibility index (Phi) is 5.61. The summed E-state index contributed by atoms with van der Waals surface area (Å²) in [5, 5.41) is 9.44. The van der Waals surface area contributed by atoms with Crippen molar-refractivity contribution in [3.05, 3.63) is 0 Å². The van der Waals surface area contributed by atoms with Gasteiger partial charge in [-0.15, -0.1) is 0 Å². The van der Waals surface area contributed by atoms with Gasteiger partial charge in [-0.1, -0.05) is 0 Å². The highest BCUT2D eigenvalue weighted by atomic mass is 16.6. The first-order valence-corrected chi connectivity index (χ1v) is 3.92. The molecule has 0 bridgehead atoms. The normalized spacial score (nSPS) is 15.1. The Morgan fingerprint density at radius 3 is 2.46 bits per heavy atom. The predicted molar refractivity (Wildman–Crippen MR) is 45.3 cm³/mol. The minimum Gasteiger partial charge on any atom is -0.467 e. The zero-order valence-corrected chi connectivity index (χ0v) is 8.20. The van der Waals surface area contributed by atoms with Crippen molar-refractivity contribution in [3.8, 4) is 0 Å². The van der Waals surface area contributed by atoms with Crippen LogP contribution in [-0.2, 0) is 19.0 Å². The van der Waals surface area contributed by atoms with Gasteiger partial charge < -0.3 is 19.3 Å². The van der Waals surface area contributed by atoms with Crippen molar-refractivity contribution < 1.29 is 24.1 Å². The van der Waals surface area contributed by atoms with E-state index in [9.17, 15) is 9.90 Å². The third-order valence-corrected chi connectivity index (χ3v) is 1.44. The number of aliphatic hydroxyl groups is 1. The van der Waals surface area contributed by atoms with Crippen LogP contribution in [0.3, 0.4) is 0 Å². The molecule has 0 saturated carbocycles. The number of rotatable bonds is 6. The van der Waals surface area contributed by atoms with E-state index >= 15 is 0 Å². The lowest BCUT2D eigenvalue weighted by Gasteiger charge is -2.19. The number of hydrogen-bond donors (Lipinski definition) is 1. The van der Waals surface area contributed by atoms with E-state index in [0.717, 1.165) is 0 Å². The molecule has 0 heterocycles. The molecule has 1 unspecified atom stereocenters. The molecule has 0 spiro atoms. The van der Waals surface area contributed by atoms with E-state index in [1.807, 2.05) is 0 Å². The zero-order chi connectivity index (χ0) is 10.3. The summed E-state index contributed by atoms with van der Waals surface area (Å²) in [6.45, 7) is 2.01. The first-order chi connectivity index (χ1) is 6.04. The van der Waals surface area contributed by atoms with Gasteiger partial charge in [0, 0.05) is 7.11 Å². The fraction of sp³-hybridized carbons (Fsp3) is 0.875. The molecule has 0 aliphatic carbocycles. The molecule has 0 radical (unpaired) electrons. The molecule has 1 atom stereocenters. The van der Waals surface area contributed by atoms with Gasteiger partial charge >= 0.3 is 5.97 Å². The number of hydrogen-bond acceptors (Lipinski definition) is 5. The van der Waals surface area contributed by atoms with Gasteiger partial charge in [-0.3, -0.25) is 0 Å². The maximum Gasteiger partial charge on any atom is 0.339 e. The Morgan fingerprint density at radius 1 is 1.38 bits per heavy atom. The van der Waals surface area contributed by atoms with E-state index < -0.39 is 11.6 Å². The molecule has 1 N–H and O–H groups in total. The quantitative estimate of drug-likeness (QED) is 0.457. The third kappa shape index (κ3) is 4.82. The summed E-state index contributed by atoms with van der Waals surface area (Å²) in [5.74, 6) is -0.704. The highest BCUT2D eigenvalue weighted by Crippen LogP contribution is 2.05. The first-order valence-electron chi connectivity index (χ1n) is 3.92. The van der Waals surface area contributed by atoms with Crippen molar-refractivity contribution in [1.82, 2.24) is 0 Å². The molecule has 0 aliphatic heterocycles. The second kappa shape index (κ2) is 5.90. The summed E-state index contributed by atoms with van der Waals surface area (Å²) >= 11 is 0. The maximum atomic E-state index is 10.9. The van der Waals surface area contributed by atoms with Crippen molar-refractivity contribution >= 4 is 5.97 Å². The SMILES string of the molecule is COCCOCC(C)(O)C(=O)OC. The topological polar surface area (TPSA) is 65.0 Å². The molecule has 5 heteroatoms. The Bertz CT molecular complexity index is 155. The van der Waals surface area contributed by atoms with E-state index in [4.69, 9.17) is 9.47 Å². The van der Waals surface area contributed by atoms with Crippen molar-refractivity contribution in [1.29, 1.82) is 0 Å². The van der Waals surface area contributed by atoms with Gasteiger partial charge in [0.15, 0.2) is 5.60 Å². The van der Waals surface area contributed by atoms with E-state index in [1.54, 1.807) is 7.11 Å². The van der Waals surface area contributed by atoms with Gasteiger partial charge in [0.05, 0.1) is 26.9 Å². The van der Waals surface area contributed by atoms with Gasteiger partial charge in [0.25, 0.3) is 0 Å². The number of carbonyl (C=O) groups excluding carboxylic acids is 1. The molecule has 0 aliphatic rings. The van der Waals surface area contributed by atoms with Crippen LogP contribution in [0.1, 0.15) is 6.92 Å². The second-order valence-electron chi connectivity index (χ2n) is 2.81. The molecular weight excluding hydrogens is 176 g/mol. The molecule has 0 aromatic heterocycles. The summed E-state index contributed by atoms with van der Waals surface area (Å²) in [6.07, 6.45) is 0. The fourth-order valence-electron chi connectivity index (χ4n) is 0.692. The summed E-state index contributed by atoms with van der Waals surface area (Å²) in [7, 11) is 2.76. The predicted octanol–water partition coefficient (Wildman–Crippen LogP) is -0.427. The maximum absolute atomic E-state index is 10.9. The van der Waals surface area contributed by atoms with Crippen LogP contribution >= 0.6 is 0 Å². The number of ether oxygens (including phenoxy) is 3. The second-order valence-corrected chi connectivity index (χ2v) is 2.81. The van der Waals surface area contributed by atoms with Crippen LogP contribution < -0.4 is 0 Å². The molecule has 0 saturated heterocycles. The molecule has 13 heavy (non-hydrogen) atoms. The Hall–Kier alpha value is -0.650. The average Bonchev–Trinajstić information content (AvgIpc) is 2.11. The molecule has 5 nitrogen and oxygen atoms in total. The molecular formula is C8H16O5. The number of carbonyl (C=O) groups is 1. The highest BCUT2D eigenvalue weighted by molar-refractivity contribution is 5.78. The van der Waals surface area contributed by atoms with Crippen molar-refractivity contribution in [2.75, 3.05) is 34.0 Å². The number of esters is 1. The Morgan fingerprint density at radius 2 is 2.00 bits per heavy atom. The monoisotopic (exact) mass is 192 g/mol. The lowest BCUT2D eigenvalue weighted by Crippen LogP contribution is -2.41. The van der Waals surface area contributed by atoms with Crippen molar-refractivity contribution in [3.63, 3.8) is 0 Å². The van der Waals surface area contributed by atoms with Crippen molar-refractivity contribution in [2.24, 2.45) is 0 Å². The van der Waals surface area contributed by atoms with Crippen LogP contribution in [0.4, 0.5) is 0 Å². The molecule has 78 valence electrons. The average molecular weight is 192 g/mol. The summed E-state index contributed by atoms with van der Waals surface area (Å²) in [6, 6.07) is 0. The third-order valence-electron chi connectivity index (χ3n) is 1.44. The lowest BCUT2D eigenvalue weighted by molar-refractivity contribution is -0.166. The van der Waals surface area contributed by atoms with Crippen LogP contribution in [0.2, 0.25) is 0 Å². The van der Waals surface area contributed by atoms with Crippen LogP contribution in [-0.4, -0.2) is 50.7 Å². The zero-order valence-electron chi connectivity index (χ0n) is 8.20. The minimum absolute atomic E-state index is 0.0942. The summed E-state index contributed by atoms with van der Waals surface area (Å²) in [5.41, 5.74) is -1.58. The fourth-order valence-corrected chi connectivity index (χ4v) is 0.692. The molecule has 0 fully saturated rings. The van der Waals surface area contributed by atoms with Crippen LogP contribution in [0.15, 0.2) is 0 Å². The highest BCUT2D eigenvalue weighted by Gasteiger charge is 2.31. The lowest BCUT2D eigenvalue weighted by atomic mass is 10.1. The van der Waals surface area contributed by atoms with Crippen LogP contribution in [0, 0.1) is 0 Å². The Labute approximate surface area is 77.6 Å². The van der Waals surface area contributed by atoms with E-state index in [2.05, 4.69) is 4.74 Å². The van der Waals surface area contributed by atoms with Gasteiger partial charge in [-0.05, 0) is 6.92 Å². The molecule has 0 amide bonds. The van der Waals surface area contributed by atoms with Crippen LogP contribution in [0.5, 0.6) is 0 Å².